The van der Waals surface area contributed by atoms with Crippen LogP contribution in [0.3, 0.4) is 0 Å². The average Bonchev–Trinajstić information content (AvgIpc) is 3.53. The summed E-state index contributed by atoms with van der Waals surface area (Å²) < 4.78 is 43.7. The molecule has 1 spiro atoms. The highest BCUT2D eigenvalue weighted by Crippen LogP contribution is 2.42. The van der Waals surface area contributed by atoms with Crippen LogP contribution in [0.2, 0.25) is 0 Å². The molecule has 3 aliphatic heterocycles. The van der Waals surface area contributed by atoms with E-state index in [1.54, 1.807) is 36.6 Å². The minimum absolute atomic E-state index is 0.153. The Balaban J connectivity index is 1.30. The topological polar surface area (TPSA) is 111 Å². The van der Waals surface area contributed by atoms with Crippen LogP contribution in [-0.4, -0.2) is 50.1 Å². The molecule has 11 heteroatoms. The summed E-state index contributed by atoms with van der Waals surface area (Å²) in [7, 11) is -3.61. The third-order valence-corrected chi connectivity index (χ3v) is 9.43. The molecule has 9 nitrogen and oxygen atoms in total. The second kappa shape index (κ2) is 8.15. The van der Waals surface area contributed by atoms with E-state index in [2.05, 4.69) is 5.32 Å². The predicted molar refractivity (Wildman–Crippen MR) is 118 cm³/mol. The number of hydrogen-bond donors (Lipinski definition) is 1. The lowest BCUT2D eigenvalue weighted by molar-refractivity contribution is -0.150. The Labute approximate surface area is 195 Å². The summed E-state index contributed by atoms with van der Waals surface area (Å²) in [4.78, 5) is 25.6. The zero-order chi connectivity index (χ0) is 23.2. The SMILES string of the molecule is CC1=C(C(=O)NCc2ccc3c(c2)OCO3)C2(CCN(S(=O)(=O)c3cccs3)CC2)OC1=O. The monoisotopic (exact) mass is 490 g/mol. The Morgan fingerprint density at radius 2 is 1.94 bits per heavy atom. The fraction of sp³-hybridized carbons (Fsp3) is 0.364. The molecule has 0 atom stereocenters. The molecule has 0 unspecified atom stereocenters. The summed E-state index contributed by atoms with van der Waals surface area (Å²) in [5.74, 6) is 0.331. The number of sulfonamides is 1. The van der Waals surface area contributed by atoms with Gasteiger partial charge in [-0.2, -0.15) is 4.31 Å². The number of esters is 1. The van der Waals surface area contributed by atoms with Crippen molar-refractivity contribution >= 4 is 33.2 Å². The third kappa shape index (κ3) is 3.79. The molecule has 33 heavy (non-hydrogen) atoms. The molecule has 1 aromatic carbocycles. The molecular formula is C22H22N2O7S2. The summed E-state index contributed by atoms with van der Waals surface area (Å²) in [5.41, 5.74) is 0.234. The van der Waals surface area contributed by atoms with Gasteiger partial charge in [0, 0.05) is 38.0 Å². The van der Waals surface area contributed by atoms with Crippen molar-refractivity contribution in [1.29, 1.82) is 0 Å². The van der Waals surface area contributed by atoms with Crippen LogP contribution in [0.25, 0.3) is 0 Å². The number of nitrogens with zero attached hydrogens (tertiary/aromatic N) is 1. The van der Waals surface area contributed by atoms with Gasteiger partial charge in [-0.1, -0.05) is 12.1 Å². The van der Waals surface area contributed by atoms with E-state index in [-0.39, 0.29) is 54.6 Å². The van der Waals surface area contributed by atoms with Crippen molar-refractivity contribution in [2.45, 2.75) is 36.1 Å². The second-order valence-corrected chi connectivity index (χ2v) is 11.2. The number of benzene rings is 1. The van der Waals surface area contributed by atoms with Gasteiger partial charge in [-0.05, 0) is 36.1 Å². The minimum Gasteiger partial charge on any atom is -0.454 e. The summed E-state index contributed by atoms with van der Waals surface area (Å²) in [6.07, 6.45) is 0.431. The van der Waals surface area contributed by atoms with E-state index >= 15 is 0 Å². The first-order valence-electron chi connectivity index (χ1n) is 10.5. The highest BCUT2D eigenvalue weighted by molar-refractivity contribution is 7.91. The van der Waals surface area contributed by atoms with Gasteiger partial charge in [0.25, 0.3) is 15.9 Å². The summed E-state index contributed by atoms with van der Waals surface area (Å²) in [5, 5.41) is 4.58. The molecule has 0 saturated carbocycles. The fourth-order valence-electron chi connectivity index (χ4n) is 4.42. The molecule has 1 amide bonds. The van der Waals surface area contributed by atoms with Crippen LogP contribution < -0.4 is 14.8 Å². The molecule has 1 aromatic heterocycles. The second-order valence-electron chi connectivity index (χ2n) is 8.09. The van der Waals surface area contributed by atoms with E-state index in [1.165, 1.54) is 4.31 Å². The molecule has 0 aliphatic carbocycles. The van der Waals surface area contributed by atoms with E-state index in [4.69, 9.17) is 14.2 Å². The lowest BCUT2D eigenvalue weighted by Crippen LogP contribution is -2.50. The molecular weight excluding hydrogens is 468 g/mol. The molecule has 5 rings (SSSR count). The molecule has 1 fully saturated rings. The van der Waals surface area contributed by atoms with Crippen LogP contribution in [0.1, 0.15) is 25.3 Å². The summed E-state index contributed by atoms with van der Waals surface area (Å²) >= 11 is 1.16. The van der Waals surface area contributed by atoms with Gasteiger partial charge in [0.05, 0.1) is 5.57 Å². The highest BCUT2D eigenvalue weighted by Gasteiger charge is 2.52. The Morgan fingerprint density at radius 1 is 1.18 bits per heavy atom. The van der Waals surface area contributed by atoms with Crippen LogP contribution >= 0.6 is 11.3 Å². The molecule has 1 saturated heterocycles. The third-order valence-electron chi connectivity index (χ3n) is 6.16. The molecule has 3 aliphatic rings. The van der Waals surface area contributed by atoms with Gasteiger partial charge >= 0.3 is 5.97 Å². The molecule has 1 N–H and O–H groups in total. The van der Waals surface area contributed by atoms with Crippen molar-refractivity contribution in [1.82, 2.24) is 9.62 Å². The zero-order valence-electron chi connectivity index (χ0n) is 17.8. The highest BCUT2D eigenvalue weighted by atomic mass is 32.2. The number of thiophene rings is 1. The van der Waals surface area contributed by atoms with Crippen molar-refractivity contribution in [2.24, 2.45) is 0 Å². The zero-order valence-corrected chi connectivity index (χ0v) is 19.5. The average molecular weight is 491 g/mol. The number of fused-ring (bicyclic) bond motifs is 1. The quantitative estimate of drug-likeness (QED) is 0.640. The van der Waals surface area contributed by atoms with Crippen LogP contribution in [0.15, 0.2) is 51.1 Å². The summed E-state index contributed by atoms with van der Waals surface area (Å²) in [6.45, 7) is 2.27. The first-order chi connectivity index (χ1) is 15.8. The van der Waals surface area contributed by atoms with Gasteiger partial charge in [0.1, 0.15) is 9.81 Å². The van der Waals surface area contributed by atoms with Gasteiger partial charge < -0.3 is 19.5 Å². The lowest BCUT2D eigenvalue weighted by Gasteiger charge is -2.38. The van der Waals surface area contributed by atoms with Crippen molar-refractivity contribution in [3.63, 3.8) is 0 Å². The maximum Gasteiger partial charge on any atom is 0.335 e. The van der Waals surface area contributed by atoms with Gasteiger partial charge in [0.15, 0.2) is 11.5 Å². The van der Waals surface area contributed by atoms with Crippen molar-refractivity contribution in [3.05, 3.63) is 52.4 Å². The van der Waals surface area contributed by atoms with Crippen molar-refractivity contribution in [2.75, 3.05) is 19.9 Å². The minimum atomic E-state index is -3.61. The van der Waals surface area contributed by atoms with Crippen LogP contribution in [0.4, 0.5) is 0 Å². The maximum absolute atomic E-state index is 13.2. The predicted octanol–water partition coefficient (Wildman–Crippen LogP) is 2.19. The normalized spacial score (nSPS) is 19.7. The maximum atomic E-state index is 13.2. The van der Waals surface area contributed by atoms with Gasteiger partial charge in [-0.15, -0.1) is 11.3 Å². The molecule has 2 aromatic rings. The fourth-order valence-corrected chi connectivity index (χ4v) is 7.01. The lowest BCUT2D eigenvalue weighted by atomic mass is 9.83. The van der Waals surface area contributed by atoms with Gasteiger partial charge in [0.2, 0.25) is 6.79 Å². The van der Waals surface area contributed by atoms with Crippen LogP contribution in [0, 0.1) is 0 Å². The molecule has 4 heterocycles. The molecule has 0 bridgehead atoms. The number of hydrogen-bond acceptors (Lipinski definition) is 8. The van der Waals surface area contributed by atoms with Crippen molar-refractivity contribution in [3.8, 4) is 11.5 Å². The first-order valence-corrected chi connectivity index (χ1v) is 12.8. The first kappa shape index (κ1) is 21.9. The Kier molecular flexibility index (Phi) is 5.42. The van der Waals surface area contributed by atoms with Gasteiger partial charge in [-0.3, -0.25) is 4.79 Å². The number of nitrogens with one attached hydrogen (secondary N) is 1. The van der Waals surface area contributed by atoms with Crippen molar-refractivity contribution < 1.29 is 32.2 Å². The smallest absolute Gasteiger partial charge is 0.335 e. The number of rotatable bonds is 5. The number of ether oxygens (including phenoxy) is 3. The Bertz CT molecular complexity index is 1240. The number of amides is 1. The van der Waals surface area contributed by atoms with E-state index in [1.807, 2.05) is 6.07 Å². The van der Waals surface area contributed by atoms with Crippen LogP contribution in [-0.2, 0) is 30.9 Å². The summed E-state index contributed by atoms with van der Waals surface area (Å²) in [6, 6.07) is 8.66. The van der Waals surface area contributed by atoms with E-state index in [0.717, 1.165) is 16.9 Å². The van der Waals surface area contributed by atoms with E-state index in [9.17, 15) is 18.0 Å². The van der Waals surface area contributed by atoms with Crippen LogP contribution in [0.5, 0.6) is 11.5 Å². The Hall–Kier alpha value is -2.89. The van der Waals surface area contributed by atoms with Gasteiger partial charge in [-0.25, -0.2) is 13.2 Å². The number of piperidine rings is 1. The number of carbonyl (C=O) groups is 2. The standard InChI is InChI=1S/C22H22N2O7S2/c1-14-19(20(25)23-12-15-4-5-16-17(11-15)30-13-29-16)22(31-21(14)26)6-8-24(9-7-22)33(27,28)18-3-2-10-32-18/h2-5,10-11H,6-9,12-13H2,1H3,(H,23,25). The molecule has 0 radical (unpaired) electrons. The largest absolute Gasteiger partial charge is 0.454 e. The Morgan fingerprint density at radius 3 is 2.67 bits per heavy atom. The number of carbonyl (C=O) groups excluding carboxylic acids is 2. The molecule has 174 valence electrons. The van der Waals surface area contributed by atoms with E-state index in [0.29, 0.717) is 11.5 Å². The van der Waals surface area contributed by atoms with E-state index < -0.39 is 27.5 Å².